The second kappa shape index (κ2) is 3.48. The van der Waals surface area contributed by atoms with E-state index in [1.165, 1.54) is 0 Å². The summed E-state index contributed by atoms with van der Waals surface area (Å²) in [6, 6.07) is 0. The standard InChI is InChI=1S/C6H7ClO4S2/c7-13(10,11)4-2-6-1-3-12(8,9)5-6/h6H,1,3,5H2. The van der Waals surface area contributed by atoms with Crippen LogP contribution in [0.15, 0.2) is 0 Å². The molecule has 0 aromatic heterocycles. The van der Waals surface area contributed by atoms with Crippen molar-refractivity contribution in [1.29, 1.82) is 0 Å². The second-order valence-electron chi connectivity index (χ2n) is 2.78. The zero-order valence-corrected chi connectivity index (χ0v) is 8.92. The first-order valence-corrected chi connectivity index (χ1v) is 7.59. The van der Waals surface area contributed by atoms with Crippen molar-refractivity contribution >= 4 is 29.6 Å². The SMILES string of the molecule is O=S(=O)(Cl)C#CC1CCS(=O)(=O)C1. The molecule has 1 aliphatic heterocycles. The molecule has 0 spiro atoms. The Labute approximate surface area is 81.6 Å². The van der Waals surface area contributed by atoms with E-state index in [-0.39, 0.29) is 11.5 Å². The maximum absolute atomic E-state index is 10.9. The third-order valence-corrected chi connectivity index (χ3v) is 3.98. The van der Waals surface area contributed by atoms with E-state index in [0.29, 0.717) is 6.42 Å². The summed E-state index contributed by atoms with van der Waals surface area (Å²) < 4.78 is 42.6. The van der Waals surface area contributed by atoms with Gasteiger partial charge in [0.25, 0.3) is 0 Å². The molecule has 1 aliphatic rings. The fraction of sp³-hybridized carbons (Fsp3) is 0.667. The summed E-state index contributed by atoms with van der Waals surface area (Å²) in [5, 5.41) is 1.82. The summed E-state index contributed by atoms with van der Waals surface area (Å²) in [4.78, 5) is 0. The smallest absolute Gasteiger partial charge is 0.229 e. The molecule has 0 N–H and O–H groups in total. The topological polar surface area (TPSA) is 68.3 Å². The number of hydrogen-bond acceptors (Lipinski definition) is 4. The van der Waals surface area contributed by atoms with Crippen LogP contribution < -0.4 is 0 Å². The maximum Gasteiger partial charge on any atom is 0.300 e. The van der Waals surface area contributed by atoms with Crippen molar-refractivity contribution in [3.05, 3.63) is 0 Å². The van der Waals surface area contributed by atoms with Gasteiger partial charge in [-0.05, 0) is 6.42 Å². The molecule has 0 amide bonds. The van der Waals surface area contributed by atoms with Crippen LogP contribution in [0.1, 0.15) is 6.42 Å². The lowest BCUT2D eigenvalue weighted by Crippen LogP contribution is -2.03. The van der Waals surface area contributed by atoms with Crippen LogP contribution in [0.3, 0.4) is 0 Å². The van der Waals surface area contributed by atoms with E-state index in [9.17, 15) is 16.8 Å². The van der Waals surface area contributed by atoms with Crippen LogP contribution in [0.4, 0.5) is 0 Å². The van der Waals surface area contributed by atoms with Crippen molar-refractivity contribution in [3.63, 3.8) is 0 Å². The Kier molecular flexibility index (Phi) is 2.90. The van der Waals surface area contributed by atoms with E-state index in [0.717, 1.165) is 0 Å². The number of rotatable bonds is 0. The van der Waals surface area contributed by atoms with Crippen LogP contribution in [0, 0.1) is 17.1 Å². The highest BCUT2D eigenvalue weighted by Crippen LogP contribution is 2.17. The molecule has 1 unspecified atom stereocenters. The van der Waals surface area contributed by atoms with Crippen molar-refractivity contribution in [2.75, 3.05) is 11.5 Å². The Morgan fingerprint density at radius 1 is 1.38 bits per heavy atom. The molecular formula is C6H7ClO4S2. The van der Waals surface area contributed by atoms with Gasteiger partial charge in [-0.25, -0.2) is 8.42 Å². The third kappa shape index (κ3) is 3.98. The number of hydrogen-bond donors (Lipinski definition) is 0. The van der Waals surface area contributed by atoms with Crippen LogP contribution in [0.5, 0.6) is 0 Å². The predicted molar refractivity (Wildman–Crippen MR) is 49.3 cm³/mol. The Bertz CT molecular complexity index is 451. The highest BCUT2D eigenvalue weighted by Gasteiger charge is 2.26. The van der Waals surface area contributed by atoms with Crippen LogP contribution in [-0.4, -0.2) is 28.3 Å². The minimum Gasteiger partial charge on any atom is -0.229 e. The van der Waals surface area contributed by atoms with Crippen molar-refractivity contribution in [1.82, 2.24) is 0 Å². The van der Waals surface area contributed by atoms with Crippen molar-refractivity contribution < 1.29 is 16.8 Å². The molecule has 0 aromatic carbocycles. The van der Waals surface area contributed by atoms with Gasteiger partial charge in [0.2, 0.25) is 0 Å². The average Bonchev–Trinajstić information content (AvgIpc) is 2.24. The van der Waals surface area contributed by atoms with Gasteiger partial charge >= 0.3 is 9.05 Å². The van der Waals surface area contributed by atoms with Gasteiger partial charge in [-0.2, -0.15) is 8.42 Å². The first-order valence-electron chi connectivity index (χ1n) is 3.46. The molecule has 1 rings (SSSR count). The monoisotopic (exact) mass is 242 g/mol. The normalized spacial score (nSPS) is 26.4. The minimum atomic E-state index is -3.83. The highest BCUT2D eigenvalue weighted by molar-refractivity contribution is 8.17. The molecule has 1 heterocycles. The first kappa shape index (κ1) is 10.8. The van der Waals surface area contributed by atoms with Crippen LogP contribution >= 0.6 is 10.7 Å². The lowest BCUT2D eigenvalue weighted by atomic mass is 10.1. The molecule has 7 heteroatoms. The molecule has 13 heavy (non-hydrogen) atoms. The van der Waals surface area contributed by atoms with E-state index in [4.69, 9.17) is 10.7 Å². The van der Waals surface area contributed by atoms with Gasteiger partial charge < -0.3 is 0 Å². The fourth-order valence-corrected chi connectivity index (χ4v) is 3.18. The average molecular weight is 243 g/mol. The van der Waals surface area contributed by atoms with Crippen molar-refractivity contribution in [3.8, 4) is 11.2 Å². The predicted octanol–water partition coefficient (Wildman–Crippen LogP) is -0.0494. The minimum absolute atomic E-state index is 0.0631. The van der Waals surface area contributed by atoms with Gasteiger partial charge in [-0.15, -0.1) is 0 Å². The van der Waals surface area contributed by atoms with Crippen LogP contribution in [-0.2, 0) is 18.9 Å². The molecule has 74 valence electrons. The maximum atomic E-state index is 10.9. The summed E-state index contributed by atoms with van der Waals surface area (Å²) >= 11 is 0. The van der Waals surface area contributed by atoms with E-state index in [2.05, 4.69) is 5.92 Å². The molecule has 0 saturated carbocycles. The van der Waals surface area contributed by atoms with Gasteiger partial charge in [-0.3, -0.25) is 0 Å². The lowest BCUT2D eigenvalue weighted by molar-refractivity contribution is 0.601. The molecule has 1 fully saturated rings. The molecule has 1 saturated heterocycles. The van der Waals surface area contributed by atoms with Crippen LogP contribution in [0.2, 0.25) is 0 Å². The molecular weight excluding hydrogens is 236 g/mol. The highest BCUT2D eigenvalue weighted by atomic mass is 35.7. The summed E-state index contributed by atoms with van der Waals surface area (Å²) in [7, 11) is -2.00. The largest absolute Gasteiger partial charge is 0.300 e. The molecule has 0 aliphatic carbocycles. The van der Waals surface area contributed by atoms with Gasteiger partial charge in [0.1, 0.15) is 0 Å². The quantitative estimate of drug-likeness (QED) is 0.441. The zero-order chi connectivity index (χ0) is 10.1. The van der Waals surface area contributed by atoms with E-state index in [1.54, 1.807) is 0 Å². The van der Waals surface area contributed by atoms with Crippen molar-refractivity contribution in [2.45, 2.75) is 6.42 Å². The number of sulfone groups is 1. The lowest BCUT2D eigenvalue weighted by Gasteiger charge is -1.92. The van der Waals surface area contributed by atoms with Gasteiger partial charge in [-0.1, -0.05) is 5.92 Å². The Hall–Kier alpha value is -0.250. The third-order valence-electron chi connectivity index (χ3n) is 1.62. The number of halogens is 1. The zero-order valence-electron chi connectivity index (χ0n) is 6.53. The van der Waals surface area contributed by atoms with Gasteiger partial charge in [0.15, 0.2) is 9.84 Å². The van der Waals surface area contributed by atoms with Gasteiger partial charge in [0.05, 0.1) is 11.5 Å². The molecule has 4 nitrogen and oxygen atoms in total. The van der Waals surface area contributed by atoms with E-state index >= 15 is 0 Å². The summed E-state index contributed by atoms with van der Waals surface area (Å²) in [6.07, 6.45) is 0.391. The Morgan fingerprint density at radius 2 is 2.00 bits per heavy atom. The molecule has 0 radical (unpaired) electrons. The second-order valence-corrected chi connectivity index (χ2v) is 7.31. The van der Waals surface area contributed by atoms with Crippen LogP contribution in [0.25, 0.3) is 0 Å². The summed E-state index contributed by atoms with van der Waals surface area (Å²) in [5.74, 6) is 1.95. The Balaban J connectivity index is 2.74. The van der Waals surface area contributed by atoms with E-state index in [1.807, 2.05) is 5.25 Å². The molecule has 0 bridgehead atoms. The van der Waals surface area contributed by atoms with Gasteiger partial charge in [0, 0.05) is 21.9 Å². The molecule has 0 aromatic rings. The summed E-state index contributed by atoms with van der Waals surface area (Å²) in [6.45, 7) is 0. The van der Waals surface area contributed by atoms with Crippen molar-refractivity contribution in [2.24, 2.45) is 5.92 Å². The fourth-order valence-electron chi connectivity index (χ4n) is 1.06. The molecule has 1 atom stereocenters. The summed E-state index contributed by atoms with van der Waals surface area (Å²) in [5.41, 5.74) is 0. The first-order chi connectivity index (χ1) is 5.79. The Morgan fingerprint density at radius 3 is 2.38 bits per heavy atom. The van der Waals surface area contributed by atoms with E-state index < -0.39 is 24.8 Å².